The number of amides is 1. The van der Waals surface area contributed by atoms with Crippen molar-refractivity contribution in [2.75, 3.05) is 53.6 Å². The number of para-hydroxylation sites is 1. The van der Waals surface area contributed by atoms with Gasteiger partial charge >= 0.3 is 0 Å². The molecule has 4 rings (SSSR count). The average Bonchev–Trinajstić information content (AvgIpc) is 2.94. The first-order valence-corrected chi connectivity index (χ1v) is 14.8. The van der Waals surface area contributed by atoms with E-state index in [0.29, 0.717) is 30.3 Å². The summed E-state index contributed by atoms with van der Waals surface area (Å²) in [6.07, 6.45) is 8.11. The van der Waals surface area contributed by atoms with Crippen molar-refractivity contribution in [3.63, 3.8) is 0 Å². The van der Waals surface area contributed by atoms with Crippen molar-refractivity contribution in [3.8, 4) is 17.2 Å². The molecule has 0 aromatic heterocycles. The van der Waals surface area contributed by atoms with Crippen molar-refractivity contribution in [2.24, 2.45) is 11.3 Å². The van der Waals surface area contributed by atoms with Gasteiger partial charge in [0.05, 0.1) is 14.2 Å². The Morgan fingerprint density at radius 3 is 2.49 bits per heavy atom. The lowest BCUT2D eigenvalue weighted by Crippen LogP contribution is -2.49. The zero-order valence-electron chi connectivity index (χ0n) is 24.5. The van der Waals surface area contributed by atoms with Crippen LogP contribution >= 0.6 is 0 Å². The number of piperidine rings is 1. The van der Waals surface area contributed by atoms with Crippen LogP contribution in [0.1, 0.15) is 63.5 Å². The van der Waals surface area contributed by atoms with E-state index >= 15 is 0 Å². The maximum atomic E-state index is 13.2. The molecule has 6 heteroatoms. The average molecular weight is 537 g/mol. The SMILES string of the molecule is COc1ccc(CCC(=O)N2CCC3(CCCCc4ccccc4OCCN(CC(C)C)C3)CC2)cc1OC. The van der Waals surface area contributed by atoms with Crippen molar-refractivity contribution < 1.29 is 19.0 Å². The van der Waals surface area contributed by atoms with Crippen LogP contribution in [0.4, 0.5) is 0 Å². The molecule has 214 valence electrons. The minimum Gasteiger partial charge on any atom is -0.493 e. The van der Waals surface area contributed by atoms with Gasteiger partial charge < -0.3 is 19.1 Å². The molecule has 2 aliphatic rings. The predicted molar refractivity (Wildman–Crippen MR) is 157 cm³/mol. The van der Waals surface area contributed by atoms with Gasteiger partial charge in [-0.15, -0.1) is 0 Å². The molecule has 0 N–H and O–H groups in total. The summed E-state index contributed by atoms with van der Waals surface area (Å²) in [5.41, 5.74) is 2.70. The minimum absolute atomic E-state index is 0.261. The van der Waals surface area contributed by atoms with Gasteiger partial charge in [-0.1, -0.05) is 44.5 Å². The first-order valence-electron chi connectivity index (χ1n) is 14.8. The van der Waals surface area contributed by atoms with Crippen LogP contribution in [0.5, 0.6) is 17.2 Å². The second-order valence-electron chi connectivity index (χ2n) is 11.9. The molecule has 0 bridgehead atoms. The van der Waals surface area contributed by atoms with Crippen LogP contribution in [0.3, 0.4) is 0 Å². The van der Waals surface area contributed by atoms with E-state index in [4.69, 9.17) is 14.2 Å². The maximum Gasteiger partial charge on any atom is 0.222 e. The number of likely N-dealkylation sites (tertiary alicyclic amines) is 1. The quantitative estimate of drug-likeness (QED) is 0.434. The highest BCUT2D eigenvalue weighted by atomic mass is 16.5. The zero-order chi connectivity index (χ0) is 27.7. The molecular formula is C33H48N2O4. The Hall–Kier alpha value is -2.73. The lowest BCUT2D eigenvalue weighted by Gasteiger charge is -2.45. The molecule has 39 heavy (non-hydrogen) atoms. The summed E-state index contributed by atoms with van der Waals surface area (Å²) in [6, 6.07) is 14.5. The Morgan fingerprint density at radius 1 is 0.974 bits per heavy atom. The van der Waals surface area contributed by atoms with Gasteiger partial charge in [0.25, 0.3) is 0 Å². The summed E-state index contributed by atoms with van der Waals surface area (Å²) in [4.78, 5) is 17.9. The van der Waals surface area contributed by atoms with Gasteiger partial charge in [-0.05, 0) is 79.2 Å². The highest BCUT2D eigenvalue weighted by Crippen LogP contribution is 2.39. The van der Waals surface area contributed by atoms with Crippen LogP contribution in [0, 0.1) is 11.3 Å². The Labute approximate surface area is 235 Å². The van der Waals surface area contributed by atoms with Gasteiger partial charge in [0.2, 0.25) is 5.91 Å². The number of rotatable bonds is 7. The van der Waals surface area contributed by atoms with Crippen molar-refractivity contribution >= 4 is 5.91 Å². The maximum absolute atomic E-state index is 13.2. The van der Waals surface area contributed by atoms with Crippen LogP contribution in [0.15, 0.2) is 42.5 Å². The molecule has 2 heterocycles. The van der Waals surface area contributed by atoms with E-state index in [1.54, 1.807) is 14.2 Å². The zero-order valence-corrected chi connectivity index (χ0v) is 24.5. The Morgan fingerprint density at radius 2 is 1.74 bits per heavy atom. The van der Waals surface area contributed by atoms with Crippen molar-refractivity contribution in [3.05, 3.63) is 53.6 Å². The van der Waals surface area contributed by atoms with Crippen molar-refractivity contribution in [1.82, 2.24) is 9.80 Å². The fraction of sp³-hybridized carbons (Fsp3) is 0.606. The van der Waals surface area contributed by atoms with E-state index in [1.165, 1.54) is 24.8 Å². The number of aryl methyl sites for hydroxylation is 2. The van der Waals surface area contributed by atoms with Gasteiger partial charge in [0.15, 0.2) is 11.5 Å². The molecule has 0 atom stereocenters. The molecule has 0 saturated carbocycles. The summed E-state index contributed by atoms with van der Waals surface area (Å²) in [5.74, 6) is 3.35. The molecule has 2 aromatic carbocycles. The Bertz CT molecular complexity index is 1060. The van der Waals surface area contributed by atoms with Gasteiger partial charge in [-0.25, -0.2) is 0 Å². The number of carbonyl (C=O) groups excluding carboxylic acids is 1. The number of hydrogen-bond donors (Lipinski definition) is 0. The van der Waals surface area contributed by atoms with Crippen LogP contribution < -0.4 is 14.2 Å². The summed E-state index contributed by atoms with van der Waals surface area (Å²) in [5, 5.41) is 0. The summed E-state index contributed by atoms with van der Waals surface area (Å²) < 4.78 is 17.1. The van der Waals surface area contributed by atoms with Gasteiger partial charge in [-0.3, -0.25) is 9.69 Å². The topological polar surface area (TPSA) is 51.2 Å². The third kappa shape index (κ3) is 8.14. The molecule has 1 spiro atoms. The van der Waals surface area contributed by atoms with Crippen LogP contribution in [0.2, 0.25) is 0 Å². The first-order chi connectivity index (χ1) is 18.9. The smallest absolute Gasteiger partial charge is 0.222 e. The van der Waals surface area contributed by atoms with Crippen LogP contribution in [-0.2, 0) is 17.6 Å². The number of carbonyl (C=O) groups is 1. The normalized spacial score (nSPS) is 18.5. The van der Waals surface area contributed by atoms with E-state index in [2.05, 4.69) is 47.9 Å². The first kappa shape index (κ1) is 29.3. The third-order valence-corrected chi connectivity index (χ3v) is 8.48. The van der Waals surface area contributed by atoms with Crippen LogP contribution in [-0.4, -0.2) is 69.3 Å². The molecule has 2 aromatic rings. The molecule has 0 radical (unpaired) electrons. The molecule has 0 aliphatic carbocycles. The second kappa shape index (κ2) is 14.1. The second-order valence-corrected chi connectivity index (χ2v) is 11.9. The van der Waals surface area contributed by atoms with E-state index in [9.17, 15) is 4.79 Å². The number of nitrogens with zero attached hydrogens (tertiary/aromatic N) is 2. The summed E-state index contributed by atoms with van der Waals surface area (Å²) >= 11 is 0. The van der Waals surface area contributed by atoms with E-state index in [1.807, 2.05) is 18.2 Å². The van der Waals surface area contributed by atoms with Crippen molar-refractivity contribution in [1.29, 1.82) is 0 Å². The largest absolute Gasteiger partial charge is 0.493 e. The summed E-state index contributed by atoms with van der Waals surface area (Å²) in [7, 11) is 3.29. The monoisotopic (exact) mass is 536 g/mol. The molecule has 6 nitrogen and oxygen atoms in total. The van der Waals surface area contributed by atoms with E-state index in [0.717, 1.165) is 69.9 Å². The molecular weight excluding hydrogens is 488 g/mol. The molecule has 1 saturated heterocycles. The van der Waals surface area contributed by atoms with E-state index < -0.39 is 0 Å². The molecule has 2 aliphatic heterocycles. The predicted octanol–water partition coefficient (Wildman–Crippen LogP) is 6.01. The Balaban J connectivity index is 1.37. The number of hydrogen-bond acceptors (Lipinski definition) is 5. The van der Waals surface area contributed by atoms with Gasteiger partial charge in [0, 0.05) is 39.1 Å². The molecule has 1 amide bonds. The summed E-state index contributed by atoms with van der Waals surface area (Å²) in [6.45, 7) is 10.2. The van der Waals surface area contributed by atoms with Gasteiger partial charge in [-0.2, -0.15) is 0 Å². The lowest BCUT2D eigenvalue weighted by atomic mass is 9.73. The molecule has 1 fully saturated rings. The van der Waals surface area contributed by atoms with Crippen molar-refractivity contribution in [2.45, 2.75) is 65.2 Å². The number of benzene rings is 2. The number of methoxy groups -OCH3 is 2. The number of ether oxygens (including phenoxy) is 3. The highest BCUT2D eigenvalue weighted by molar-refractivity contribution is 5.76. The third-order valence-electron chi connectivity index (χ3n) is 8.48. The fourth-order valence-corrected chi connectivity index (χ4v) is 6.34. The lowest BCUT2D eigenvalue weighted by molar-refractivity contribution is -0.133. The number of fused-ring (bicyclic) bond motifs is 1. The minimum atomic E-state index is 0.261. The highest BCUT2D eigenvalue weighted by Gasteiger charge is 2.37. The standard InChI is InChI=1S/C33H48N2O4/c1-26(2)24-34-21-22-39-29-11-6-5-9-28(29)10-7-8-16-33(25-34)17-19-35(20-18-33)32(36)15-13-27-12-14-30(37-3)31(23-27)38-4/h5-6,9,11-12,14,23,26H,7-8,10,13,15-22,24-25H2,1-4H3. The van der Waals surface area contributed by atoms with E-state index in [-0.39, 0.29) is 11.3 Å². The fourth-order valence-electron chi connectivity index (χ4n) is 6.34. The van der Waals surface area contributed by atoms with Crippen LogP contribution in [0.25, 0.3) is 0 Å². The Kier molecular flexibility index (Phi) is 10.6. The van der Waals surface area contributed by atoms with Gasteiger partial charge in [0.1, 0.15) is 12.4 Å². The molecule has 0 unspecified atom stereocenters.